The van der Waals surface area contributed by atoms with Crippen LogP contribution in [0.1, 0.15) is 19.8 Å². The number of hydrogen-bond donors (Lipinski definition) is 1. The van der Waals surface area contributed by atoms with Crippen molar-refractivity contribution < 1.29 is 9.18 Å². The maximum absolute atomic E-state index is 13.0. The number of benzene rings is 1. The van der Waals surface area contributed by atoms with Gasteiger partial charge < -0.3 is 5.32 Å². The largest absolute Gasteiger partial charge is 0.324 e. The Balaban J connectivity index is 2.80. The zero-order valence-corrected chi connectivity index (χ0v) is 10.9. The Morgan fingerprint density at radius 1 is 1.65 bits per heavy atom. The van der Waals surface area contributed by atoms with Crippen molar-refractivity contribution in [3.05, 3.63) is 28.5 Å². The van der Waals surface area contributed by atoms with Gasteiger partial charge in [0.15, 0.2) is 0 Å². The number of rotatable bonds is 4. The van der Waals surface area contributed by atoms with E-state index in [2.05, 4.69) is 21.2 Å². The molecule has 0 aromatic heterocycles. The molecule has 17 heavy (non-hydrogen) atoms. The molecule has 0 fully saturated rings. The number of carbonyl (C=O) groups is 1. The maximum atomic E-state index is 13.0. The van der Waals surface area contributed by atoms with Crippen molar-refractivity contribution in [2.45, 2.75) is 19.8 Å². The fraction of sp³-hybridized carbons (Fsp3) is 0.333. The zero-order valence-electron chi connectivity index (χ0n) is 9.34. The minimum Gasteiger partial charge on any atom is -0.324 e. The van der Waals surface area contributed by atoms with Gasteiger partial charge in [-0.1, -0.05) is 13.3 Å². The van der Waals surface area contributed by atoms with Crippen LogP contribution < -0.4 is 5.32 Å². The van der Waals surface area contributed by atoms with Crippen molar-refractivity contribution in [2.75, 3.05) is 5.32 Å². The summed E-state index contributed by atoms with van der Waals surface area (Å²) in [6.45, 7) is 1.90. The predicted octanol–water partition coefficient (Wildman–Crippen LogP) is 3.47. The molecule has 0 aliphatic carbocycles. The highest BCUT2D eigenvalue weighted by molar-refractivity contribution is 9.10. The molecule has 0 aliphatic heterocycles. The summed E-state index contributed by atoms with van der Waals surface area (Å²) < 4.78 is 13.6. The zero-order chi connectivity index (χ0) is 12.8. The molecule has 0 bridgehead atoms. The highest BCUT2D eigenvalue weighted by atomic mass is 79.9. The smallest absolute Gasteiger partial charge is 0.241 e. The van der Waals surface area contributed by atoms with E-state index in [0.29, 0.717) is 16.6 Å². The molecule has 1 rings (SSSR count). The van der Waals surface area contributed by atoms with Gasteiger partial charge in [0.05, 0.1) is 11.8 Å². The maximum Gasteiger partial charge on any atom is 0.241 e. The van der Waals surface area contributed by atoms with Gasteiger partial charge >= 0.3 is 0 Å². The van der Waals surface area contributed by atoms with Crippen molar-refractivity contribution >= 4 is 27.5 Å². The third-order valence-electron chi connectivity index (χ3n) is 2.24. The van der Waals surface area contributed by atoms with E-state index >= 15 is 0 Å². The molecule has 1 aromatic carbocycles. The predicted molar refractivity (Wildman–Crippen MR) is 66.7 cm³/mol. The van der Waals surface area contributed by atoms with Crippen molar-refractivity contribution in [1.82, 2.24) is 0 Å². The third kappa shape index (κ3) is 3.82. The Kier molecular flexibility index (Phi) is 5.11. The molecule has 0 radical (unpaired) electrons. The lowest BCUT2D eigenvalue weighted by Gasteiger charge is -2.10. The van der Waals surface area contributed by atoms with E-state index in [1.165, 1.54) is 18.2 Å². The first-order valence-corrected chi connectivity index (χ1v) is 6.03. The quantitative estimate of drug-likeness (QED) is 0.925. The van der Waals surface area contributed by atoms with E-state index in [-0.39, 0.29) is 0 Å². The molecule has 5 heteroatoms. The van der Waals surface area contributed by atoms with Crippen molar-refractivity contribution in [3.63, 3.8) is 0 Å². The molecule has 90 valence electrons. The Morgan fingerprint density at radius 3 is 2.94 bits per heavy atom. The topological polar surface area (TPSA) is 52.9 Å². The Bertz CT molecular complexity index is 456. The van der Waals surface area contributed by atoms with Gasteiger partial charge in [-0.2, -0.15) is 5.26 Å². The number of hydrogen-bond acceptors (Lipinski definition) is 2. The first-order valence-electron chi connectivity index (χ1n) is 5.24. The van der Waals surface area contributed by atoms with Crippen LogP contribution in [0.25, 0.3) is 0 Å². The van der Waals surface area contributed by atoms with E-state index < -0.39 is 17.6 Å². The molecule has 3 nitrogen and oxygen atoms in total. The van der Waals surface area contributed by atoms with Crippen LogP contribution >= 0.6 is 15.9 Å². The summed E-state index contributed by atoms with van der Waals surface area (Å²) in [5.41, 5.74) is 0.339. The molecule has 0 heterocycles. The van der Waals surface area contributed by atoms with Crippen molar-refractivity contribution in [2.24, 2.45) is 5.92 Å². The fourth-order valence-corrected chi connectivity index (χ4v) is 1.70. The summed E-state index contributed by atoms with van der Waals surface area (Å²) in [5.74, 6) is -1.54. The van der Waals surface area contributed by atoms with Crippen LogP contribution in [-0.4, -0.2) is 5.91 Å². The summed E-state index contributed by atoms with van der Waals surface area (Å²) in [4.78, 5) is 11.7. The monoisotopic (exact) mass is 298 g/mol. The molecule has 0 saturated carbocycles. The van der Waals surface area contributed by atoms with Gasteiger partial charge in [0.25, 0.3) is 0 Å². The van der Waals surface area contributed by atoms with E-state index in [0.717, 1.165) is 6.42 Å². The van der Waals surface area contributed by atoms with E-state index in [1.54, 1.807) is 0 Å². The molecule has 1 unspecified atom stereocenters. The first kappa shape index (κ1) is 13.7. The normalized spacial score (nSPS) is 11.6. The Morgan fingerprint density at radius 2 is 2.35 bits per heavy atom. The summed E-state index contributed by atoms with van der Waals surface area (Å²) in [7, 11) is 0. The lowest BCUT2D eigenvalue weighted by atomic mass is 10.0. The van der Waals surface area contributed by atoms with E-state index in [4.69, 9.17) is 5.26 Å². The molecule has 1 atom stereocenters. The number of nitriles is 1. The van der Waals surface area contributed by atoms with Gasteiger partial charge in [-0.15, -0.1) is 0 Å². The summed E-state index contributed by atoms with van der Waals surface area (Å²) >= 11 is 3.20. The van der Waals surface area contributed by atoms with Gasteiger partial charge in [0.2, 0.25) is 5.91 Å². The van der Waals surface area contributed by atoms with E-state index in [9.17, 15) is 9.18 Å². The lowest BCUT2D eigenvalue weighted by Crippen LogP contribution is -2.21. The average molecular weight is 299 g/mol. The molecule has 1 N–H and O–H groups in total. The van der Waals surface area contributed by atoms with Crippen LogP contribution in [0, 0.1) is 23.1 Å². The minimum atomic E-state index is -0.699. The number of anilines is 1. The standard InChI is InChI=1S/C12H12BrFN2O/c1-2-3-8(7-15)12(17)16-11-6-9(14)4-5-10(11)13/h4-6,8H,2-3H2,1H3,(H,16,17). The Labute approximate surface area is 108 Å². The number of nitrogens with one attached hydrogen (secondary N) is 1. The van der Waals surface area contributed by atoms with Crippen molar-refractivity contribution in [1.29, 1.82) is 5.26 Å². The van der Waals surface area contributed by atoms with Crippen LogP contribution in [0.15, 0.2) is 22.7 Å². The summed E-state index contributed by atoms with van der Waals surface area (Å²) in [6, 6.07) is 5.94. The second-order valence-electron chi connectivity index (χ2n) is 3.58. The van der Waals surface area contributed by atoms with Crippen LogP contribution in [0.4, 0.5) is 10.1 Å². The van der Waals surface area contributed by atoms with E-state index in [1.807, 2.05) is 13.0 Å². The molecule has 0 aliphatic rings. The van der Waals surface area contributed by atoms with Crippen molar-refractivity contribution in [3.8, 4) is 6.07 Å². The minimum absolute atomic E-state index is 0.339. The molecule has 1 amide bonds. The second kappa shape index (κ2) is 6.36. The van der Waals surface area contributed by atoms with Crippen LogP contribution in [0.2, 0.25) is 0 Å². The van der Waals surface area contributed by atoms with Gasteiger partial charge in [0, 0.05) is 4.47 Å². The van der Waals surface area contributed by atoms with Gasteiger partial charge in [-0.05, 0) is 40.5 Å². The molecule has 0 saturated heterocycles. The molecule has 0 spiro atoms. The van der Waals surface area contributed by atoms with Gasteiger partial charge in [0.1, 0.15) is 11.7 Å². The van der Waals surface area contributed by atoms with Gasteiger partial charge in [-0.3, -0.25) is 4.79 Å². The molecule has 1 aromatic rings. The SMILES string of the molecule is CCCC(C#N)C(=O)Nc1cc(F)ccc1Br. The Hall–Kier alpha value is -1.41. The third-order valence-corrected chi connectivity index (χ3v) is 2.93. The van der Waals surface area contributed by atoms with Crippen LogP contribution in [-0.2, 0) is 4.79 Å². The highest BCUT2D eigenvalue weighted by Crippen LogP contribution is 2.23. The molecular weight excluding hydrogens is 287 g/mol. The number of nitrogens with zero attached hydrogens (tertiary/aromatic N) is 1. The lowest BCUT2D eigenvalue weighted by molar-refractivity contribution is -0.118. The summed E-state index contributed by atoms with van der Waals surface area (Å²) in [6.07, 6.45) is 1.24. The number of halogens is 2. The van der Waals surface area contributed by atoms with Crippen LogP contribution in [0.5, 0.6) is 0 Å². The second-order valence-corrected chi connectivity index (χ2v) is 4.44. The number of carbonyl (C=O) groups excluding carboxylic acids is 1. The fourth-order valence-electron chi connectivity index (χ4n) is 1.36. The number of amides is 1. The first-order chi connectivity index (χ1) is 8.08. The summed E-state index contributed by atoms with van der Waals surface area (Å²) in [5, 5.41) is 11.4. The highest BCUT2D eigenvalue weighted by Gasteiger charge is 2.17. The average Bonchev–Trinajstić information content (AvgIpc) is 2.30. The molecular formula is C12H12BrFN2O. The van der Waals surface area contributed by atoms with Crippen LogP contribution in [0.3, 0.4) is 0 Å². The van der Waals surface area contributed by atoms with Gasteiger partial charge in [-0.25, -0.2) is 4.39 Å².